The molecular formula is C14H16NO2P. The van der Waals surface area contributed by atoms with Crippen molar-refractivity contribution >= 4 is 23.7 Å². The third-order valence-corrected chi connectivity index (χ3v) is 5.11. The average Bonchev–Trinajstić information content (AvgIpc) is 2.39. The normalized spacial score (nSPS) is 14.1. The molecule has 3 nitrogen and oxygen atoms in total. The fourth-order valence-corrected chi connectivity index (χ4v) is 3.88. The van der Waals surface area contributed by atoms with E-state index in [2.05, 4.69) is 0 Å². The summed E-state index contributed by atoms with van der Waals surface area (Å²) >= 11 is 0. The van der Waals surface area contributed by atoms with E-state index in [0.29, 0.717) is 22.7 Å². The molecule has 4 heteroatoms. The van der Waals surface area contributed by atoms with E-state index in [4.69, 9.17) is 5.73 Å². The van der Waals surface area contributed by atoms with Crippen molar-refractivity contribution in [1.29, 1.82) is 0 Å². The summed E-state index contributed by atoms with van der Waals surface area (Å²) in [5.41, 5.74) is 7.04. The summed E-state index contributed by atoms with van der Waals surface area (Å²) in [5, 5.41) is 0.788. The Morgan fingerprint density at radius 1 is 1.06 bits per heavy atom. The Labute approximate surface area is 107 Å². The molecule has 18 heavy (non-hydrogen) atoms. The monoisotopic (exact) mass is 261 g/mol. The first-order chi connectivity index (χ1) is 8.57. The van der Waals surface area contributed by atoms with Gasteiger partial charge in [0, 0.05) is 11.0 Å². The largest absolute Gasteiger partial charge is 0.398 e. The van der Waals surface area contributed by atoms with Gasteiger partial charge in [-0.3, -0.25) is 4.57 Å². The fraction of sp³-hybridized carbons (Fsp3) is 0.143. The maximum atomic E-state index is 12.7. The first-order valence-corrected chi connectivity index (χ1v) is 7.49. The molecule has 0 aliphatic heterocycles. The van der Waals surface area contributed by atoms with Gasteiger partial charge >= 0.3 is 0 Å². The number of rotatable bonds is 3. The predicted molar refractivity (Wildman–Crippen MR) is 75.8 cm³/mol. The topological polar surface area (TPSA) is 63.3 Å². The van der Waals surface area contributed by atoms with Crippen molar-refractivity contribution in [1.82, 2.24) is 0 Å². The Morgan fingerprint density at radius 2 is 1.61 bits per heavy atom. The minimum absolute atomic E-state index is 0.311. The summed E-state index contributed by atoms with van der Waals surface area (Å²) < 4.78 is 12.7. The van der Waals surface area contributed by atoms with Crippen LogP contribution in [0.5, 0.6) is 0 Å². The SMILES string of the molecule is CCc1ccccc1P(=O)(O)c1ccccc1N. The highest BCUT2D eigenvalue weighted by Gasteiger charge is 2.28. The summed E-state index contributed by atoms with van der Waals surface area (Å²) in [5.74, 6) is 0. The van der Waals surface area contributed by atoms with E-state index in [9.17, 15) is 9.46 Å². The van der Waals surface area contributed by atoms with Crippen molar-refractivity contribution in [3.63, 3.8) is 0 Å². The third-order valence-electron chi connectivity index (χ3n) is 2.96. The van der Waals surface area contributed by atoms with Gasteiger partial charge in [-0.1, -0.05) is 37.3 Å². The number of hydrogen-bond donors (Lipinski definition) is 2. The zero-order chi connectivity index (χ0) is 13.2. The first-order valence-electron chi connectivity index (χ1n) is 5.83. The number of hydrogen-bond acceptors (Lipinski definition) is 2. The minimum atomic E-state index is -3.61. The molecule has 94 valence electrons. The Morgan fingerprint density at radius 3 is 2.22 bits per heavy atom. The number of nitrogens with two attached hydrogens (primary N) is 1. The van der Waals surface area contributed by atoms with Crippen molar-refractivity contribution in [2.75, 3.05) is 5.73 Å². The van der Waals surface area contributed by atoms with Gasteiger partial charge in [0.15, 0.2) is 0 Å². The van der Waals surface area contributed by atoms with Gasteiger partial charge < -0.3 is 10.6 Å². The highest BCUT2D eigenvalue weighted by Crippen LogP contribution is 2.41. The quantitative estimate of drug-likeness (QED) is 0.656. The molecule has 0 radical (unpaired) electrons. The van der Waals surface area contributed by atoms with Crippen LogP contribution in [0.2, 0.25) is 0 Å². The lowest BCUT2D eigenvalue weighted by molar-refractivity contribution is 0.501. The van der Waals surface area contributed by atoms with Crippen LogP contribution >= 0.6 is 7.37 Å². The highest BCUT2D eigenvalue weighted by molar-refractivity contribution is 7.73. The molecule has 2 aromatic rings. The Balaban J connectivity index is 2.62. The van der Waals surface area contributed by atoms with E-state index in [1.54, 1.807) is 36.4 Å². The van der Waals surface area contributed by atoms with Crippen LogP contribution in [-0.4, -0.2) is 4.89 Å². The molecule has 0 saturated heterocycles. The number of anilines is 1. The Hall–Kier alpha value is -1.57. The van der Waals surface area contributed by atoms with E-state index < -0.39 is 7.37 Å². The van der Waals surface area contributed by atoms with E-state index in [1.807, 2.05) is 19.1 Å². The van der Waals surface area contributed by atoms with Gasteiger partial charge in [0.25, 0.3) is 7.37 Å². The summed E-state index contributed by atoms with van der Waals surface area (Å²) in [6.45, 7) is 1.97. The molecule has 1 atom stereocenters. The van der Waals surface area contributed by atoms with E-state index in [1.165, 1.54) is 0 Å². The molecule has 0 aliphatic carbocycles. The van der Waals surface area contributed by atoms with Gasteiger partial charge in [-0.2, -0.15) is 0 Å². The Kier molecular flexibility index (Phi) is 3.55. The molecular weight excluding hydrogens is 245 g/mol. The number of para-hydroxylation sites is 1. The lowest BCUT2D eigenvalue weighted by atomic mass is 10.2. The van der Waals surface area contributed by atoms with Crippen LogP contribution in [0.15, 0.2) is 48.5 Å². The van der Waals surface area contributed by atoms with Gasteiger partial charge in [-0.25, -0.2) is 0 Å². The van der Waals surface area contributed by atoms with Crippen LogP contribution in [-0.2, 0) is 11.0 Å². The average molecular weight is 261 g/mol. The zero-order valence-electron chi connectivity index (χ0n) is 10.2. The zero-order valence-corrected chi connectivity index (χ0v) is 11.1. The molecule has 0 amide bonds. The van der Waals surface area contributed by atoms with E-state index in [0.717, 1.165) is 5.56 Å². The molecule has 2 aromatic carbocycles. The molecule has 2 rings (SSSR count). The van der Waals surface area contributed by atoms with Crippen molar-refractivity contribution < 1.29 is 9.46 Å². The van der Waals surface area contributed by atoms with Crippen LogP contribution in [0.4, 0.5) is 5.69 Å². The maximum Gasteiger partial charge on any atom is 0.261 e. The van der Waals surface area contributed by atoms with Crippen molar-refractivity contribution in [3.05, 3.63) is 54.1 Å². The molecule has 0 fully saturated rings. The molecule has 0 aromatic heterocycles. The van der Waals surface area contributed by atoms with E-state index in [-0.39, 0.29) is 0 Å². The molecule has 1 unspecified atom stereocenters. The highest BCUT2D eigenvalue weighted by atomic mass is 31.2. The van der Waals surface area contributed by atoms with Gasteiger partial charge in [-0.15, -0.1) is 0 Å². The summed E-state index contributed by atoms with van der Waals surface area (Å²) in [4.78, 5) is 10.4. The van der Waals surface area contributed by atoms with Crippen LogP contribution in [0.1, 0.15) is 12.5 Å². The van der Waals surface area contributed by atoms with Gasteiger partial charge in [0.1, 0.15) is 0 Å². The molecule has 0 bridgehead atoms. The molecule has 0 heterocycles. The molecule has 0 aliphatic rings. The second kappa shape index (κ2) is 4.97. The Bertz CT molecular complexity index is 610. The van der Waals surface area contributed by atoms with Crippen molar-refractivity contribution in [2.45, 2.75) is 13.3 Å². The third kappa shape index (κ3) is 2.20. The smallest absolute Gasteiger partial charge is 0.261 e. The van der Waals surface area contributed by atoms with Crippen LogP contribution < -0.4 is 16.3 Å². The number of benzene rings is 2. The summed E-state index contributed by atoms with van der Waals surface area (Å²) in [6, 6.07) is 14.0. The molecule has 0 saturated carbocycles. The molecule has 0 spiro atoms. The first kappa shape index (κ1) is 12.9. The predicted octanol–water partition coefficient (Wildman–Crippen LogP) is 2.05. The van der Waals surface area contributed by atoms with Gasteiger partial charge in [-0.05, 0) is 30.2 Å². The minimum Gasteiger partial charge on any atom is -0.398 e. The van der Waals surface area contributed by atoms with E-state index >= 15 is 0 Å². The van der Waals surface area contributed by atoms with Crippen LogP contribution in [0.25, 0.3) is 0 Å². The lowest BCUT2D eigenvalue weighted by Gasteiger charge is -2.17. The maximum absolute atomic E-state index is 12.7. The second-order valence-electron chi connectivity index (χ2n) is 4.12. The standard InChI is InChI=1S/C14H16NO2P/c1-2-11-7-3-5-9-13(11)18(16,17)14-10-6-4-8-12(14)15/h3-10H,2,15H2,1H3,(H,16,17). The summed E-state index contributed by atoms with van der Waals surface area (Å²) in [6.07, 6.45) is 0.716. The van der Waals surface area contributed by atoms with Crippen molar-refractivity contribution in [2.24, 2.45) is 0 Å². The summed E-state index contributed by atoms with van der Waals surface area (Å²) in [7, 11) is -3.61. The number of aryl methyl sites for hydroxylation is 1. The molecule has 3 N–H and O–H groups in total. The fourth-order valence-electron chi connectivity index (χ4n) is 2.00. The van der Waals surface area contributed by atoms with Gasteiger partial charge in [0.2, 0.25) is 0 Å². The van der Waals surface area contributed by atoms with Gasteiger partial charge in [0.05, 0.1) is 5.30 Å². The van der Waals surface area contributed by atoms with Crippen LogP contribution in [0.3, 0.4) is 0 Å². The second-order valence-corrected chi connectivity index (χ2v) is 6.23. The van der Waals surface area contributed by atoms with Crippen LogP contribution in [0, 0.1) is 0 Å². The van der Waals surface area contributed by atoms with Crippen molar-refractivity contribution in [3.8, 4) is 0 Å². The lowest BCUT2D eigenvalue weighted by Crippen LogP contribution is -2.21. The number of nitrogen functional groups attached to an aromatic ring is 1.